The maximum Gasteiger partial charge on any atom is 0.250 e. The van der Waals surface area contributed by atoms with Gasteiger partial charge in [-0.3, -0.25) is 4.79 Å². The fraction of sp³-hybridized carbons (Fsp3) is 0.188. The molecule has 1 amide bonds. The summed E-state index contributed by atoms with van der Waals surface area (Å²) in [6.07, 6.45) is 1.17. The Labute approximate surface area is 129 Å². The zero-order valence-corrected chi connectivity index (χ0v) is 13.2. The van der Waals surface area contributed by atoms with E-state index in [9.17, 15) is 13.2 Å². The first kappa shape index (κ1) is 16.2. The summed E-state index contributed by atoms with van der Waals surface area (Å²) in [5.41, 5.74) is 2.41. The number of carbonyl (C=O) groups is 1. The van der Waals surface area contributed by atoms with Gasteiger partial charge in [-0.05, 0) is 35.4 Å². The Bertz CT molecular complexity index is 767. The summed E-state index contributed by atoms with van der Waals surface area (Å²) in [6.45, 7) is -0.00666. The second kappa shape index (κ2) is 6.72. The molecule has 116 valence electrons. The van der Waals surface area contributed by atoms with Crippen LogP contribution in [0.2, 0.25) is 0 Å². The molecule has 0 bridgehead atoms. The number of benzene rings is 2. The van der Waals surface area contributed by atoms with Gasteiger partial charge < -0.3 is 10.1 Å². The van der Waals surface area contributed by atoms with Gasteiger partial charge in [0.2, 0.25) is 5.91 Å². The van der Waals surface area contributed by atoms with Crippen LogP contribution in [0.25, 0.3) is 11.1 Å². The molecule has 6 heteroatoms. The van der Waals surface area contributed by atoms with E-state index in [1.54, 1.807) is 30.3 Å². The molecule has 2 aromatic rings. The molecule has 0 saturated heterocycles. The van der Waals surface area contributed by atoms with Crippen LogP contribution in [0.4, 0.5) is 5.69 Å². The fourth-order valence-corrected chi connectivity index (χ4v) is 2.63. The third-order valence-corrected chi connectivity index (χ3v) is 4.17. The van der Waals surface area contributed by atoms with Crippen molar-refractivity contribution in [2.45, 2.75) is 4.90 Å². The zero-order valence-electron chi connectivity index (χ0n) is 12.4. The van der Waals surface area contributed by atoms with E-state index in [2.05, 4.69) is 5.32 Å². The Hall–Kier alpha value is -2.18. The van der Waals surface area contributed by atoms with E-state index in [0.29, 0.717) is 5.69 Å². The highest BCUT2D eigenvalue weighted by molar-refractivity contribution is 7.90. The summed E-state index contributed by atoms with van der Waals surface area (Å²) in [5.74, 6) is -0.230. The van der Waals surface area contributed by atoms with E-state index in [4.69, 9.17) is 4.74 Å². The Morgan fingerprint density at radius 2 is 1.77 bits per heavy atom. The molecule has 0 saturated carbocycles. The van der Waals surface area contributed by atoms with Crippen molar-refractivity contribution in [1.29, 1.82) is 0 Å². The lowest BCUT2D eigenvalue weighted by Crippen LogP contribution is -2.16. The molecule has 0 unspecified atom stereocenters. The summed E-state index contributed by atoms with van der Waals surface area (Å²) in [6, 6.07) is 13.9. The lowest BCUT2D eigenvalue weighted by Gasteiger charge is -2.08. The van der Waals surface area contributed by atoms with E-state index >= 15 is 0 Å². The number of ether oxygens (including phenoxy) is 1. The van der Waals surface area contributed by atoms with Gasteiger partial charge in [0.1, 0.15) is 6.61 Å². The van der Waals surface area contributed by atoms with Crippen molar-refractivity contribution in [3.63, 3.8) is 0 Å². The Morgan fingerprint density at radius 1 is 1.09 bits per heavy atom. The number of sulfone groups is 1. The predicted octanol–water partition coefficient (Wildman–Crippen LogP) is 2.34. The highest BCUT2D eigenvalue weighted by Gasteiger charge is 2.07. The van der Waals surface area contributed by atoms with Crippen molar-refractivity contribution in [1.82, 2.24) is 0 Å². The molecular weight excluding hydrogens is 302 g/mol. The molecule has 0 fully saturated rings. The van der Waals surface area contributed by atoms with Crippen molar-refractivity contribution < 1.29 is 17.9 Å². The molecule has 22 heavy (non-hydrogen) atoms. The maximum absolute atomic E-state index is 11.5. The summed E-state index contributed by atoms with van der Waals surface area (Å²) >= 11 is 0. The number of amides is 1. The van der Waals surface area contributed by atoms with Gasteiger partial charge in [-0.25, -0.2) is 8.42 Å². The van der Waals surface area contributed by atoms with Crippen LogP contribution in [-0.2, 0) is 19.4 Å². The topological polar surface area (TPSA) is 72.5 Å². The molecular formula is C16H17NO4S. The second-order valence-corrected chi connectivity index (χ2v) is 6.87. The van der Waals surface area contributed by atoms with Gasteiger partial charge in [-0.2, -0.15) is 0 Å². The normalized spacial score (nSPS) is 11.2. The Morgan fingerprint density at radius 3 is 2.36 bits per heavy atom. The van der Waals surface area contributed by atoms with E-state index in [0.717, 1.165) is 11.1 Å². The molecule has 1 N–H and O–H groups in total. The molecule has 0 aliphatic carbocycles. The molecule has 0 aliphatic heterocycles. The number of anilines is 1. The minimum atomic E-state index is -3.20. The van der Waals surface area contributed by atoms with Crippen LogP contribution < -0.4 is 5.32 Å². The Kier molecular flexibility index (Phi) is 4.95. The van der Waals surface area contributed by atoms with Crippen LogP contribution in [0, 0.1) is 0 Å². The summed E-state index contributed by atoms with van der Waals surface area (Å²) in [7, 11) is -1.75. The average Bonchev–Trinajstić information content (AvgIpc) is 2.47. The number of carbonyl (C=O) groups excluding carboxylic acids is 1. The fourth-order valence-electron chi connectivity index (χ4n) is 2.00. The number of rotatable bonds is 5. The SMILES string of the molecule is COCC(=O)Nc1cccc(-c2ccc(S(C)(=O)=O)cc2)c1. The first-order valence-electron chi connectivity index (χ1n) is 6.59. The van der Waals surface area contributed by atoms with Crippen molar-refractivity contribution in [2.75, 3.05) is 25.3 Å². The van der Waals surface area contributed by atoms with E-state index < -0.39 is 9.84 Å². The quantitative estimate of drug-likeness (QED) is 0.918. The number of hydrogen-bond acceptors (Lipinski definition) is 4. The van der Waals surface area contributed by atoms with Crippen molar-refractivity contribution in [2.24, 2.45) is 0 Å². The standard InChI is InChI=1S/C16H17NO4S/c1-21-11-16(18)17-14-5-3-4-13(10-14)12-6-8-15(9-7-12)22(2,19)20/h3-10H,11H2,1-2H3,(H,17,18). The molecule has 0 spiro atoms. The predicted molar refractivity (Wildman–Crippen MR) is 85.5 cm³/mol. The van der Waals surface area contributed by atoms with Gasteiger partial charge in [0.25, 0.3) is 0 Å². The highest BCUT2D eigenvalue weighted by Crippen LogP contribution is 2.24. The molecule has 2 rings (SSSR count). The summed E-state index contributed by atoms with van der Waals surface area (Å²) in [4.78, 5) is 11.8. The van der Waals surface area contributed by atoms with Gasteiger partial charge in [0.05, 0.1) is 4.90 Å². The van der Waals surface area contributed by atoms with Crippen LogP contribution >= 0.6 is 0 Å². The van der Waals surface area contributed by atoms with E-state index in [1.165, 1.54) is 13.4 Å². The van der Waals surface area contributed by atoms with Gasteiger partial charge in [-0.15, -0.1) is 0 Å². The van der Waals surface area contributed by atoms with Crippen molar-refractivity contribution in [3.05, 3.63) is 48.5 Å². The monoisotopic (exact) mass is 319 g/mol. The molecule has 0 radical (unpaired) electrons. The van der Waals surface area contributed by atoms with Gasteiger partial charge >= 0.3 is 0 Å². The van der Waals surface area contributed by atoms with Crippen LogP contribution in [-0.4, -0.2) is 34.3 Å². The third-order valence-electron chi connectivity index (χ3n) is 3.04. The summed E-state index contributed by atoms with van der Waals surface area (Å²) in [5, 5.41) is 2.73. The number of hydrogen-bond donors (Lipinski definition) is 1. The lowest BCUT2D eigenvalue weighted by atomic mass is 10.1. The molecule has 0 aliphatic rings. The first-order valence-corrected chi connectivity index (χ1v) is 8.48. The van der Waals surface area contributed by atoms with Crippen molar-refractivity contribution in [3.8, 4) is 11.1 Å². The highest BCUT2D eigenvalue weighted by atomic mass is 32.2. The van der Waals surface area contributed by atoms with Crippen molar-refractivity contribution >= 4 is 21.4 Å². The molecule has 5 nitrogen and oxygen atoms in total. The largest absolute Gasteiger partial charge is 0.375 e. The van der Waals surface area contributed by atoms with E-state index in [1.807, 2.05) is 18.2 Å². The molecule has 0 aromatic heterocycles. The smallest absolute Gasteiger partial charge is 0.250 e. The van der Waals surface area contributed by atoms with Gasteiger partial charge in [0.15, 0.2) is 9.84 Å². The van der Waals surface area contributed by atoms with Gasteiger partial charge in [-0.1, -0.05) is 24.3 Å². The van der Waals surface area contributed by atoms with Crippen LogP contribution in [0.3, 0.4) is 0 Å². The maximum atomic E-state index is 11.5. The molecule has 0 atom stereocenters. The molecule has 2 aromatic carbocycles. The first-order chi connectivity index (χ1) is 10.4. The summed E-state index contributed by atoms with van der Waals surface area (Å²) < 4.78 is 27.7. The average molecular weight is 319 g/mol. The van der Waals surface area contributed by atoms with Crippen LogP contribution in [0.5, 0.6) is 0 Å². The minimum Gasteiger partial charge on any atom is -0.375 e. The number of methoxy groups -OCH3 is 1. The Balaban J connectivity index is 2.24. The molecule has 0 heterocycles. The van der Waals surface area contributed by atoms with Crippen LogP contribution in [0.1, 0.15) is 0 Å². The van der Waals surface area contributed by atoms with E-state index in [-0.39, 0.29) is 17.4 Å². The minimum absolute atomic E-state index is 0.00666. The third kappa shape index (κ3) is 4.16. The zero-order chi connectivity index (χ0) is 16.2. The lowest BCUT2D eigenvalue weighted by molar-refractivity contribution is -0.119. The number of nitrogens with one attached hydrogen (secondary N) is 1. The van der Waals surface area contributed by atoms with Gasteiger partial charge in [0, 0.05) is 19.1 Å². The van der Waals surface area contributed by atoms with Crippen LogP contribution in [0.15, 0.2) is 53.4 Å². The second-order valence-electron chi connectivity index (χ2n) is 4.86.